The minimum absolute atomic E-state index is 0.660. The monoisotopic (exact) mass is 249 g/mol. The highest BCUT2D eigenvalue weighted by Crippen LogP contribution is 2.32. The Labute approximate surface area is 112 Å². The van der Waals surface area contributed by atoms with Gasteiger partial charge in [0.1, 0.15) is 5.75 Å². The van der Waals surface area contributed by atoms with Crippen molar-refractivity contribution in [3.05, 3.63) is 66.2 Å². The van der Waals surface area contributed by atoms with Crippen LogP contribution in [-0.2, 0) is 0 Å². The minimum Gasteiger partial charge on any atom is -0.455 e. The normalized spacial score (nSPS) is 10.6. The van der Waals surface area contributed by atoms with Gasteiger partial charge in [-0.1, -0.05) is 42.5 Å². The summed E-state index contributed by atoms with van der Waals surface area (Å²) >= 11 is 0. The summed E-state index contributed by atoms with van der Waals surface area (Å²) in [4.78, 5) is 0. The molecule has 0 saturated heterocycles. The fraction of sp³-hybridized carbons (Fsp3) is 0.0588. The van der Waals surface area contributed by atoms with Crippen LogP contribution in [0.15, 0.2) is 60.7 Å². The van der Waals surface area contributed by atoms with Gasteiger partial charge in [0.25, 0.3) is 0 Å². The van der Waals surface area contributed by atoms with Crippen molar-refractivity contribution in [1.82, 2.24) is 0 Å². The highest BCUT2D eigenvalue weighted by molar-refractivity contribution is 5.83. The van der Waals surface area contributed by atoms with Gasteiger partial charge in [-0.15, -0.1) is 0 Å². The number of hydrogen-bond donors (Lipinski definition) is 1. The minimum atomic E-state index is 0.660. The molecule has 0 fully saturated rings. The number of para-hydroxylation sites is 1. The van der Waals surface area contributed by atoms with Crippen LogP contribution >= 0.6 is 0 Å². The first kappa shape index (κ1) is 11.6. The van der Waals surface area contributed by atoms with Crippen LogP contribution in [0, 0.1) is 6.92 Å². The van der Waals surface area contributed by atoms with Crippen molar-refractivity contribution in [2.75, 3.05) is 5.73 Å². The third kappa shape index (κ3) is 2.25. The summed E-state index contributed by atoms with van der Waals surface area (Å²) in [5.74, 6) is 1.54. The van der Waals surface area contributed by atoms with E-state index in [0.717, 1.165) is 22.4 Å². The maximum atomic E-state index is 5.96. The summed E-state index contributed by atoms with van der Waals surface area (Å²) < 4.78 is 5.92. The number of anilines is 1. The van der Waals surface area contributed by atoms with Crippen molar-refractivity contribution in [3.63, 3.8) is 0 Å². The molecule has 0 atom stereocenters. The first-order valence-corrected chi connectivity index (χ1v) is 6.26. The van der Waals surface area contributed by atoms with Gasteiger partial charge in [0.05, 0.1) is 5.69 Å². The molecule has 0 spiro atoms. The highest BCUT2D eigenvalue weighted by atomic mass is 16.5. The van der Waals surface area contributed by atoms with Crippen LogP contribution in [0.4, 0.5) is 5.69 Å². The Morgan fingerprint density at radius 1 is 0.842 bits per heavy atom. The number of nitrogen functional groups attached to an aromatic ring is 1. The lowest BCUT2D eigenvalue weighted by Crippen LogP contribution is -1.94. The number of rotatable bonds is 2. The van der Waals surface area contributed by atoms with E-state index < -0.39 is 0 Å². The third-order valence-electron chi connectivity index (χ3n) is 3.18. The Morgan fingerprint density at radius 3 is 2.42 bits per heavy atom. The number of aryl methyl sites for hydroxylation is 1. The lowest BCUT2D eigenvalue weighted by molar-refractivity contribution is 0.482. The predicted molar refractivity (Wildman–Crippen MR) is 79.6 cm³/mol. The van der Waals surface area contributed by atoms with Crippen LogP contribution in [0.3, 0.4) is 0 Å². The molecule has 0 aliphatic rings. The van der Waals surface area contributed by atoms with Gasteiger partial charge in [0.15, 0.2) is 5.75 Å². The zero-order chi connectivity index (χ0) is 13.2. The van der Waals surface area contributed by atoms with Crippen molar-refractivity contribution in [2.45, 2.75) is 6.92 Å². The third-order valence-corrected chi connectivity index (χ3v) is 3.18. The number of nitrogens with two attached hydrogens (primary N) is 1. The van der Waals surface area contributed by atoms with Gasteiger partial charge < -0.3 is 10.5 Å². The number of fused-ring (bicyclic) bond motifs is 1. The van der Waals surface area contributed by atoms with Crippen LogP contribution in [0.1, 0.15) is 5.56 Å². The number of hydrogen-bond acceptors (Lipinski definition) is 2. The van der Waals surface area contributed by atoms with Crippen LogP contribution < -0.4 is 10.5 Å². The molecule has 19 heavy (non-hydrogen) atoms. The van der Waals surface area contributed by atoms with E-state index in [0.29, 0.717) is 5.69 Å². The maximum Gasteiger partial charge on any atom is 0.153 e. The summed E-state index contributed by atoms with van der Waals surface area (Å²) in [6.07, 6.45) is 0. The lowest BCUT2D eigenvalue weighted by atomic mass is 10.1. The summed E-state index contributed by atoms with van der Waals surface area (Å²) in [6, 6.07) is 20.0. The van der Waals surface area contributed by atoms with E-state index in [1.807, 2.05) is 49.4 Å². The lowest BCUT2D eigenvalue weighted by Gasteiger charge is -2.11. The SMILES string of the molecule is Cc1cccc(N)c1Oc1ccc2ccccc2c1. The molecule has 0 aliphatic carbocycles. The molecule has 3 aromatic carbocycles. The van der Waals surface area contributed by atoms with E-state index in [4.69, 9.17) is 10.5 Å². The van der Waals surface area contributed by atoms with Gasteiger partial charge in [-0.2, -0.15) is 0 Å². The van der Waals surface area contributed by atoms with Gasteiger partial charge >= 0.3 is 0 Å². The first-order valence-electron chi connectivity index (χ1n) is 6.26. The molecule has 0 aliphatic heterocycles. The first-order chi connectivity index (χ1) is 9.24. The van der Waals surface area contributed by atoms with Crippen molar-refractivity contribution in [3.8, 4) is 11.5 Å². The molecule has 0 amide bonds. The van der Waals surface area contributed by atoms with E-state index >= 15 is 0 Å². The van der Waals surface area contributed by atoms with Gasteiger partial charge in [0, 0.05) is 0 Å². The largest absolute Gasteiger partial charge is 0.455 e. The van der Waals surface area contributed by atoms with E-state index in [1.165, 1.54) is 5.39 Å². The average molecular weight is 249 g/mol. The molecule has 0 heterocycles. The molecular weight excluding hydrogens is 234 g/mol. The van der Waals surface area contributed by atoms with Crippen molar-refractivity contribution in [2.24, 2.45) is 0 Å². The van der Waals surface area contributed by atoms with E-state index in [1.54, 1.807) is 0 Å². The molecular formula is C17H15NO. The number of benzene rings is 3. The zero-order valence-electron chi connectivity index (χ0n) is 10.8. The summed E-state index contributed by atoms with van der Waals surface area (Å²) in [5, 5.41) is 2.36. The molecule has 0 aromatic heterocycles. The van der Waals surface area contributed by atoms with Gasteiger partial charge in [-0.25, -0.2) is 0 Å². The van der Waals surface area contributed by atoms with E-state index in [2.05, 4.69) is 18.2 Å². The molecule has 2 heteroatoms. The Balaban J connectivity index is 2.01. The summed E-state index contributed by atoms with van der Waals surface area (Å²) in [6.45, 7) is 1.99. The molecule has 0 bridgehead atoms. The zero-order valence-corrected chi connectivity index (χ0v) is 10.8. The molecule has 2 nitrogen and oxygen atoms in total. The Kier molecular flexibility index (Phi) is 2.84. The van der Waals surface area contributed by atoms with Crippen molar-refractivity contribution in [1.29, 1.82) is 0 Å². The second-order valence-corrected chi connectivity index (χ2v) is 4.60. The molecule has 0 unspecified atom stereocenters. The Hall–Kier alpha value is -2.48. The second kappa shape index (κ2) is 4.65. The molecule has 3 aromatic rings. The second-order valence-electron chi connectivity index (χ2n) is 4.60. The average Bonchev–Trinajstić information content (AvgIpc) is 2.43. The molecule has 0 radical (unpaired) electrons. The smallest absolute Gasteiger partial charge is 0.153 e. The predicted octanol–water partition coefficient (Wildman–Crippen LogP) is 4.52. The topological polar surface area (TPSA) is 35.2 Å². The Morgan fingerprint density at radius 2 is 1.63 bits per heavy atom. The van der Waals surface area contributed by atoms with Crippen LogP contribution in [-0.4, -0.2) is 0 Å². The molecule has 94 valence electrons. The maximum absolute atomic E-state index is 5.96. The van der Waals surface area contributed by atoms with Crippen LogP contribution in [0.2, 0.25) is 0 Å². The van der Waals surface area contributed by atoms with Gasteiger partial charge in [0.2, 0.25) is 0 Å². The fourth-order valence-corrected chi connectivity index (χ4v) is 2.16. The standard InChI is InChI=1S/C17H15NO/c1-12-5-4-8-16(18)17(12)19-15-10-9-13-6-2-3-7-14(13)11-15/h2-11H,18H2,1H3. The quantitative estimate of drug-likeness (QED) is 0.677. The highest BCUT2D eigenvalue weighted by Gasteiger charge is 2.05. The van der Waals surface area contributed by atoms with Gasteiger partial charge in [-0.3, -0.25) is 0 Å². The van der Waals surface area contributed by atoms with E-state index in [-0.39, 0.29) is 0 Å². The van der Waals surface area contributed by atoms with Crippen LogP contribution in [0.25, 0.3) is 10.8 Å². The summed E-state index contributed by atoms with van der Waals surface area (Å²) in [5.41, 5.74) is 7.65. The molecule has 2 N–H and O–H groups in total. The van der Waals surface area contributed by atoms with Crippen LogP contribution in [0.5, 0.6) is 11.5 Å². The molecule has 3 rings (SSSR count). The van der Waals surface area contributed by atoms with Crippen molar-refractivity contribution < 1.29 is 4.74 Å². The molecule has 0 saturated carbocycles. The van der Waals surface area contributed by atoms with Crippen molar-refractivity contribution >= 4 is 16.5 Å². The fourth-order valence-electron chi connectivity index (χ4n) is 2.16. The summed E-state index contributed by atoms with van der Waals surface area (Å²) in [7, 11) is 0. The Bertz CT molecular complexity index is 714. The number of ether oxygens (including phenoxy) is 1. The van der Waals surface area contributed by atoms with Gasteiger partial charge in [-0.05, 0) is 41.5 Å². The van der Waals surface area contributed by atoms with E-state index in [9.17, 15) is 0 Å².